The van der Waals surface area contributed by atoms with E-state index in [2.05, 4.69) is 15.9 Å². The monoisotopic (exact) mass is 338 g/mol. The summed E-state index contributed by atoms with van der Waals surface area (Å²) in [6, 6.07) is 12.7. The molecule has 0 spiro atoms. The number of ether oxygens (including phenoxy) is 1. The number of ketones is 1. The molecular weight excluding hydrogens is 328 g/mol. The van der Waals surface area contributed by atoms with Gasteiger partial charge >= 0.3 is 0 Å². The summed E-state index contributed by atoms with van der Waals surface area (Å²) in [6.07, 6.45) is 0.359. The molecule has 0 atom stereocenters. The molecule has 0 bridgehead atoms. The lowest BCUT2D eigenvalue weighted by molar-refractivity contribution is 0.0993. The Labute approximate surface area is 125 Å². The molecule has 2 rings (SSSR count). The van der Waals surface area contributed by atoms with Crippen LogP contribution >= 0.6 is 27.5 Å². The average Bonchev–Trinajstić information content (AvgIpc) is 2.42. The van der Waals surface area contributed by atoms with Crippen LogP contribution in [0.3, 0.4) is 0 Å². The summed E-state index contributed by atoms with van der Waals surface area (Å²) in [5.74, 6) is 0.841. The van der Waals surface area contributed by atoms with Crippen molar-refractivity contribution in [2.75, 3.05) is 7.11 Å². The molecular formula is C15H12BrClO2. The molecule has 0 amide bonds. The van der Waals surface area contributed by atoms with E-state index in [0.717, 1.165) is 15.8 Å². The number of benzene rings is 2. The van der Waals surface area contributed by atoms with E-state index < -0.39 is 0 Å². The minimum atomic E-state index is 0.0579. The Morgan fingerprint density at radius 2 is 1.89 bits per heavy atom. The molecule has 0 aliphatic carbocycles. The van der Waals surface area contributed by atoms with E-state index in [1.54, 1.807) is 25.3 Å². The number of hydrogen-bond acceptors (Lipinski definition) is 2. The van der Waals surface area contributed by atoms with Gasteiger partial charge in [-0.15, -0.1) is 0 Å². The molecule has 2 aromatic rings. The zero-order valence-corrected chi connectivity index (χ0v) is 12.7. The fourth-order valence-electron chi connectivity index (χ4n) is 1.70. The van der Waals surface area contributed by atoms with Crippen LogP contribution in [0.5, 0.6) is 5.75 Å². The topological polar surface area (TPSA) is 26.3 Å². The third-order valence-corrected chi connectivity index (χ3v) is 3.98. The highest BCUT2D eigenvalue weighted by Gasteiger charge is 2.09. The number of Topliss-reactive ketones (excluding diaryl/α,β-unsaturated/α-hetero) is 1. The zero-order valence-electron chi connectivity index (χ0n) is 10.3. The first kappa shape index (κ1) is 14.1. The lowest BCUT2D eigenvalue weighted by atomic mass is 10.0. The van der Waals surface area contributed by atoms with E-state index in [1.807, 2.05) is 24.3 Å². The summed E-state index contributed by atoms with van der Waals surface area (Å²) in [5, 5.41) is 0.598. The Kier molecular flexibility index (Phi) is 4.61. The largest absolute Gasteiger partial charge is 0.497 e. The van der Waals surface area contributed by atoms with Crippen LogP contribution in [0.1, 0.15) is 15.9 Å². The van der Waals surface area contributed by atoms with Gasteiger partial charge in [-0.1, -0.05) is 23.7 Å². The Balaban J connectivity index is 2.13. The summed E-state index contributed by atoms with van der Waals surface area (Å²) < 4.78 is 5.81. The van der Waals surface area contributed by atoms with Gasteiger partial charge in [-0.3, -0.25) is 4.79 Å². The van der Waals surface area contributed by atoms with Gasteiger partial charge in [0.2, 0.25) is 0 Å². The highest BCUT2D eigenvalue weighted by atomic mass is 79.9. The number of carbonyl (C=O) groups is 1. The Bertz CT molecular complexity index is 594. The van der Waals surface area contributed by atoms with E-state index in [1.165, 1.54) is 0 Å². The van der Waals surface area contributed by atoms with Crippen LogP contribution in [0.4, 0.5) is 0 Å². The van der Waals surface area contributed by atoms with Gasteiger partial charge in [0.15, 0.2) is 5.78 Å². The minimum Gasteiger partial charge on any atom is -0.497 e. The summed E-state index contributed by atoms with van der Waals surface area (Å²) >= 11 is 9.22. The van der Waals surface area contributed by atoms with Crippen molar-refractivity contribution in [1.29, 1.82) is 0 Å². The van der Waals surface area contributed by atoms with Crippen LogP contribution in [-0.2, 0) is 6.42 Å². The summed E-state index contributed by atoms with van der Waals surface area (Å²) in [7, 11) is 1.62. The molecule has 2 nitrogen and oxygen atoms in total. The Morgan fingerprint density at radius 1 is 1.21 bits per heavy atom. The van der Waals surface area contributed by atoms with Gasteiger partial charge in [0.25, 0.3) is 0 Å². The molecule has 0 N–H and O–H groups in total. The van der Waals surface area contributed by atoms with Crippen LogP contribution in [0.25, 0.3) is 0 Å². The average molecular weight is 340 g/mol. The minimum absolute atomic E-state index is 0.0579. The third-order valence-electron chi connectivity index (χ3n) is 2.77. The maximum atomic E-state index is 12.1. The maximum Gasteiger partial charge on any atom is 0.167 e. The number of carbonyl (C=O) groups excluding carboxylic acids is 1. The maximum absolute atomic E-state index is 12.1. The fourth-order valence-corrected chi connectivity index (χ4v) is 2.20. The predicted octanol–water partition coefficient (Wildman–Crippen LogP) is 4.54. The Hall–Kier alpha value is -1.32. The molecule has 0 unspecified atom stereocenters. The van der Waals surface area contributed by atoms with Crippen molar-refractivity contribution in [1.82, 2.24) is 0 Å². The molecule has 0 aliphatic heterocycles. The van der Waals surface area contributed by atoms with Crippen LogP contribution in [-0.4, -0.2) is 12.9 Å². The second-order valence-corrected chi connectivity index (χ2v) is 5.34. The summed E-state index contributed by atoms with van der Waals surface area (Å²) in [4.78, 5) is 12.1. The molecule has 0 fully saturated rings. The van der Waals surface area contributed by atoms with Gasteiger partial charge in [0, 0.05) is 16.5 Å². The number of hydrogen-bond donors (Lipinski definition) is 0. The van der Waals surface area contributed by atoms with Crippen molar-refractivity contribution in [3.63, 3.8) is 0 Å². The summed E-state index contributed by atoms with van der Waals surface area (Å²) in [5.41, 5.74) is 1.60. The SMILES string of the molecule is COc1ccc(CC(=O)c2ccc(Cl)c(Br)c2)cc1. The van der Waals surface area contributed by atoms with E-state index in [9.17, 15) is 4.79 Å². The van der Waals surface area contributed by atoms with Crippen molar-refractivity contribution < 1.29 is 9.53 Å². The molecule has 0 saturated heterocycles. The van der Waals surface area contributed by atoms with E-state index in [-0.39, 0.29) is 5.78 Å². The standard InChI is InChI=1S/C15H12BrClO2/c1-19-12-5-2-10(3-6-12)8-15(18)11-4-7-14(17)13(16)9-11/h2-7,9H,8H2,1H3. The smallest absolute Gasteiger partial charge is 0.167 e. The molecule has 0 heterocycles. The highest BCUT2D eigenvalue weighted by molar-refractivity contribution is 9.10. The van der Waals surface area contributed by atoms with Gasteiger partial charge in [-0.2, -0.15) is 0 Å². The molecule has 19 heavy (non-hydrogen) atoms. The van der Waals surface area contributed by atoms with Gasteiger partial charge in [-0.05, 0) is 51.8 Å². The van der Waals surface area contributed by atoms with Crippen molar-refractivity contribution in [2.45, 2.75) is 6.42 Å². The zero-order chi connectivity index (χ0) is 13.8. The van der Waals surface area contributed by atoms with E-state index in [4.69, 9.17) is 16.3 Å². The third kappa shape index (κ3) is 3.58. The number of halogens is 2. The van der Waals surface area contributed by atoms with Crippen molar-refractivity contribution >= 4 is 33.3 Å². The molecule has 0 radical (unpaired) electrons. The highest BCUT2D eigenvalue weighted by Crippen LogP contribution is 2.24. The molecule has 98 valence electrons. The lowest BCUT2D eigenvalue weighted by Crippen LogP contribution is -2.03. The molecule has 2 aromatic carbocycles. The van der Waals surface area contributed by atoms with Crippen molar-refractivity contribution in [3.05, 3.63) is 63.1 Å². The van der Waals surface area contributed by atoms with Crippen LogP contribution in [0.2, 0.25) is 5.02 Å². The Morgan fingerprint density at radius 3 is 2.47 bits per heavy atom. The van der Waals surface area contributed by atoms with Crippen molar-refractivity contribution in [2.24, 2.45) is 0 Å². The quantitative estimate of drug-likeness (QED) is 0.765. The first-order valence-corrected chi connectivity index (χ1v) is 6.88. The lowest BCUT2D eigenvalue weighted by Gasteiger charge is -2.04. The first-order chi connectivity index (χ1) is 9.10. The van der Waals surface area contributed by atoms with Gasteiger partial charge in [-0.25, -0.2) is 0 Å². The second kappa shape index (κ2) is 6.22. The molecule has 4 heteroatoms. The predicted molar refractivity (Wildman–Crippen MR) is 80.2 cm³/mol. The number of rotatable bonds is 4. The first-order valence-electron chi connectivity index (χ1n) is 5.71. The molecule has 0 aliphatic rings. The molecule has 0 saturated carbocycles. The van der Waals surface area contributed by atoms with Crippen LogP contribution in [0.15, 0.2) is 46.9 Å². The number of methoxy groups -OCH3 is 1. The summed E-state index contributed by atoms with van der Waals surface area (Å²) in [6.45, 7) is 0. The van der Waals surface area contributed by atoms with Gasteiger partial charge < -0.3 is 4.74 Å². The normalized spacial score (nSPS) is 10.3. The second-order valence-electron chi connectivity index (χ2n) is 4.08. The van der Waals surface area contributed by atoms with Crippen LogP contribution in [0, 0.1) is 0 Å². The van der Waals surface area contributed by atoms with E-state index in [0.29, 0.717) is 17.0 Å². The van der Waals surface area contributed by atoms with Crippen molar-refractivity contribution in [3.8, 4) is 5.75 Å². The van der Waals surface area contributed by atoms with Gasteiger partial charge in [0.05, 0.1) is 12.1 Å². The van der Waals surface area contributed by atoms with Gasteiger partial charge in [0.1, 0.15) is 5.75 Å². The molecule has 0 aromatic heterocycles. The van der Waals surface area contributed by atoms with E-state index >= 15 is 0 Å². The fraction of sp³-hybridized carbons (Fsp3) is 0.133. The van der Waals surface area contributed by atoms with Crippen LogP contribution < -0.4 is 4.74 Å².